The molecule has 6 nitrogen and oxygen atoms in total. The Balaban J connectivity index is 2.05. The van der Waals surface area contributed by atoms with Crippen LogP contribution in [0.25, 0.3) is 0 Å². The molecular weight excluding hydrogens is 258 g/mol. The van der Waals surface area contributed by atoms with Crippen LogP contribution in [-0.4, -0.2) is 68.6 Å². The van der Waals surface area contributed by atoms with E-state index in [1.807, 2.05) is 20.8 Å². The Labute approximate surface area is 122 Å². The maximum absolute atomic E-state index is 11.5. The number of alkyl carbamates (subject to hydrolysis) is 1. The molecule has 0 aliphatic carbocycles. The Bertz CT molecular complexity index is 286. The molecule has 0 aromatic rings. The zero-order valence-corrected chi connectivity index (χ0v) is 13.2. The molecule has 1 aliphatic rings. The van der Waals surface area contributed by atoms with Crippen molar-refractivity contribution in [1.29, 1.82) is 0 Å². The summed E-state index contributed by atoms with van der Waals surface area (Å²) in [5.74, 6) is 0. The van der Waals surface area contributed by atoms with Gasteiger partial charge in [-0.2, -0.15) is 0 Å². The lowest BCUT2D eigenvalue weighted by Gasteiger charge is -2.27. The van der Waals surface area contributed by atoms with Gasteiger partial charge in [-0.3, -0.25) is 4.90 Å². The summed E-state index contributed by atoms with van der Waals surface area (Å²) in [4.78, 5) is 13.9. The molecule has 1 atom stereocenters. The molecule has 1 aliphatic heterocycles. The van der Waals surface area contributed by atoms with Crippen LogP contribution in [0.4, 0.5) is 4.79 Å². The molecule has 6 heteroatoms. The fraction of sp³-hybridized carbons (Fsp3) is 0.929. The minimum absolute atomic E-state index is 0.226. The van der Waals surface area contributed by atoms with Crippen LogP contribution in [-0.2, 0) is 9.47 Å². The Morgan fingerprint density at radius 2 is 2.00 bits per heavy atom. The van der Waals surface area contributed by atoms with E-state index < -0.39 is 5.60 Å². The molecule has 1 unspecified atom stereocenters. The molecule has 2 N–H and O–H groups in total. The van der Waals surface area contributed by atoms with E-state index in [2.05, 4.69) is 22.5 Å². The van der Waals surface area contributed by atoms with Gasteiger partial charge in [0.1, 0.15) is 5.60 Å². The van der Waals surface area contributed by atoms with Crippen molar-refractivity contribution in [3.63, 3.8) is 0 Å². The summed E-state index contributed by atoms with van der Waals surface area (Å²) in [5, 5.41) is 6.17. The van der Waals surface area contributed by atoms with Gasteiger partial charge in [-0.25, -0.2) is 4.79 Å². The Kier molecular flexibility index (Phi) is 7.26. The predicted octanol–water partition coefficient (Wildman–Crippen LogP) is 0.821. The molecule has 1 amide bonds. The van der Waals surface area contributed by atoms with E-state index in [4.69, 9.17) is 9.47 Å². The van der Waals surface area contributed by atoms with E-state index in [9.17, 15) is 4.79 Å². The zero-order chi connectivity index (χ0) is 15.0. The van der Waals surface area contributed by atoms with Crippen molar-refractivity contribution in [1.82, 2.24) is 15.5 Å². The second-order valence-electron chi connectivity index (χ2n) is 6.19. The van der Waals surface area contributed by atoms with Crippen LogP contribution < -0.4 is 10.6 Å². The summed E-state index contributed by atoms with van der Waals surface area (Å²) in [5.41, 5.74) is -0.447. The molecule has 0 saturated carbocycles. The average Bonchev–Trinajstić information content (AvgIpc) is 2.36. The molecule has 1 heterocycles. The van der Waals surface area contributed by atoms with E-state index in [0.29, 0.717) is 6.54 Å². The predicted molar refractivity (Wildman–Crippen MR) is 79.0 cm³/mol. The fourth-order valence-corrected chi connectivity index (χ4v) is 1.92. The molecule has 118 valence electrons. The average molecular weight is 287 g/mol. The van der Waals surface area contributed by atoms with Crippen LogP contribution in [0, 0.1) is 0 Å². The number of nitrogens with one attached hydrogen (secondary N) is 2. The van der Waals surface area contributed by atoms with E-state index in [1.165, 1.54) is 0 Å². The molecule has 0 radical (unpaired) electrons. The van der Waals surface area contributed by atoms with Gasteiger partial charge in [0.2, 0.25) is 0 Å². The standard InChI is InChI=1S/C14H29N3O3/c1-12(11-16-13(18)20-14(2,3)4)15-5-6-17-7-9-19-10-8-17/h12,15H,5-11H2,1-4H3,(H,16,18). The lowest BCUT2D eigenvalue weighted by molar-refractivity contribution is 0.0380. The van der Waals surface area contributed by atoms with Crippen molar-refractivity contribution in [2.45, 2.75) is 39.3 Å². The van der Waals surface area contributed by atoms with Crippen molar-refractivity contribution in [2.24, 2.45) is 0 Å². The Morgan fingerprint density at radius 1 is 1.35 bits per heavy atom. The summed E-state index contributed by atoms with van der Waals surface area (Å²) in [6.45, 7) is 13.8. The Hall–Kier alpha value is -0.850. The van der Waals surface area contributed by atoms with Gasteiger partial charge in [-0.1, -0.05) is 0 Å². The summed E-state index contributed by atoms with van der Waals surface area (Å²) in [7, 11) is 0. The van der Waals surface area contributed by atoms with Gasteiger partial charge in [-0.05, 0) is 27.7 Å². The van der Waals surface area contributed by atoms with Gasteiger partial charge >= 0.3 is 6.09 Å². The maximum Gasteiger partial charge on any atom is 0.407 e. The van der Waals surface area contributed by atoms with Crippen LogP contribution >= 0.6 is 0 Å². The highest BCUT2D eigenvalue weighted by atomic mass is 16.6. The molecule has 20 heavy (non-hydrogen) atoms. The lowest BCUT2D eigenvalue weighted by atomic mass is 10.2. The first kappa shape index (κ1) is 17.2. The summed E-state index contributed by atoms with van der Waals surface area (Å²) in [6.07, 6.45) is -0.362. The smallest absolute Gasteiger partial charge is 0.407 e. The first-order valence-corrected chi connectivity index (χ1v) is 7.37. The highest BCUT2D eigenvalue weighted by Crippen LogP contribution is 2.06. The number of hydrogen-bond donors (Lipinski definition) is 2. The number of morpholine rings is 1. The third-order valence-electron chi connectivity index (χ3n) is 2.98. The van der Waals surface area contributed by atoms with Gasteiger partial charge in [0, 0.05) is 38.8 Å². The van der Waals surface area contributed by atoms with Crippen molar-refractivity contribution < 1.29 is 14.3 Å². The van der Waals surface area contributed by atoms with E-state index in [1.54, 1.807) is 0 Å². The van der Waals surface area contributed by atoms with E-state index >= 15 is 0 Å². The third-order valence-corrected chi connectivity index (χ3v) is 2.98. The molecule has 0 spiro atoms. The molecule has 1 fully saturated rings. The SMILES string of the molecule is CC(CNC(=O)OC(C)(C)C)NCCN1CCOCC1. The lowest BCUT2D eigenvalue weighted by Crippen LogP contribution is -2.45. The molecule has 0 bridgehead atoms. The highest BCUT2D eigenvalue weighted by molar-refractivity contribution is 5.67. The van der Waals surface area contributed by atoms with Crippen molar-refractivity contribution in [3.05, 3.63) is 0 Å². The zero-order valence-electron chi connectivity index (χ0n) is 13.2. The molecule has 0 aromatic carbocycles. The second-order valence-corrected chi connectivity index (χ2v) is 6.19. The first-order chi connectivity index (χ1) is 9.37. The number of rotatable bonds is 6. The number of hydrogen-bond acceptors (Lipinski definition) is 5. The third kappa shape index (κ3) is 8.35. The van der Waals surface area contributed by atoms with Crippen LogP contribution in [0.5, 0.6) is 0 Å². The van der Waals surface area contributed by atoms with Gasteiger partial charge in [0.25, 0.3) is 0 Å². The number of carbonyl (C=O) groups is 1. The topological polar surface area (TPSA) is 62.8 Å². The second kappa shape index (κ2) is 8.44. The minimum atomic E-state index is -0.447. The molecule has 0 aromatic heterocycles. The number of amides is 1. The molecule has 1 saturated heterocycles. The minimum Gasteiger partial charge on any atom is -0.444 e. The molecular formula is C14H29N3O3. The first-order valence-electron chi connectivity index (χ1n) is 7.37. The van der Waals surface area contributed by atoms with Gasteiger partial charge in [0.15, 0.2) is 0 Å². The Morgan fingerprint density at radius 3 is 2.60 bits per heavy atom. The summed E-state index contributed by atoms with van der Waals surface area (Å²) in [6, 6.07) is 0.226. The normalized spacial score (nSPS) is 18.6. The van der Waals surface area contributed by atoms with Crippen LogP contribution in [0.3, 0.4) is 0 Å². The highest BCUT2D eigenvalue weighted by Gasteiger charge is 2.16. The molecule has 1 rings (SSSR count). The van der Waals surface area contributed by atoms with Crippen LogP contribution in [0.15, 0.2) is 0 Å². The van der Waals surface area contributed by atoms with E-state index in [0.717, 1.165) is 39.4 Å². The van der Waals surface area contributed by atoms with Gasteiger partial charge < -0.3 is 20.1 Å². The van der Waals surface area contributed by atoms with Crippen LogP contribution in [0.2, 0.25) is 0 Å². The summed E-state index contributed by atoms with van der Waals surface area (Å²) < 4.78 is 10.5. The quantitative estimate of drug-likeness (QED) is 0.757. The van der Waals surface area contributed by atoms with Gasteiger partial charge in [0.05, 0.1) is 13.2 Å². The van der Waals surface area contributed by atoms with Crippen molar-refractivity contribution in [2.75, 3.05) is 45.9 Å². The van der Waals surface area contributed by atoms with Crippen LogP contribution in [0.1, 0.15) is 27.7 Å². The van der Waals surface area contributed by atoms with E-state index in [-0.39, 0.29) is 12.1 Å². The fourth-order valence-electron chi connectivity index (χ4n) is 1.92. The number of nitrogens with zero attached hydrogens (tertiary/aromatic N) is 1. The number of ether oxygens (including phenoxy) is 2. The summed E-state index contributed by atoms with van der Waals surface area (Å²) >= 11 is 0. The maximum atomic E-state index is 11.5. The van der Waals surface area contributed by atoms with Gasteiger partial charge in [-0.15, -0.1) is 0 Å². The van der Waals surface area contributed by atoms with Crippen molar-refractivity contribution >= 4 is 6.09 Å². The van der Waals surface area contributed by atoms with Crippen molar-refractivity contribution in [3.8, 4) is 0 Å². The largest absolute Gasteiger partial charge is 0.444 e. The number of carbonyl (C=O) groups excluding carboxylic acids is 1. The monoisotopic (exact) mass is 287 g/mol.